The predicted molar refractivity (Wildman–Crippen MR) is 122 cm³/mol. The van der Waals surface area contributed by atoms with Crippen LogP contribution in [-0.4, -0.2) is 44.8 Å². The largest absolute Gasteiger partial charge is 0.493 e. The van der Waals surface area contributed by atoms with Gasteiger partial charge in [0.25, 0.3) is 5.91 Å². The second-order valence-electron chi connectivity index (χ2n) is 5.81. The molecule has 1 aliphatic rings. The Kier molecular flexibility index (Phi) is 7.09. The minimum Gasteiger partial charge on any atom is -0.493 e. The van der Waals surface area contributed by atoms with Gasteiger partial charge in [-0.1, -0.05) is 30.0 Å². The predicted octanol–water partition coefficient (Wildman–Crippen LogP) is 3.56. The summed E-state index contributed by atoms with van der Waals surface area (Å²) in [5, 5.41) is 8.94. The van der Waals surface area contributed by atoms with Crippen molar-refractivity contribution in [2.75, 3.05) is 13.7 Å². The number of thioether (sulfide) groups is 1. The van der Waals surface area contributed by atoms with Gasteiger partial charge in [0, 0.05) is 6.20 Å². The molecule has 1 aromatic carbocycles. The minimum atomic E-state index is -1.12. The summed E-state index contributed by atoms with van der Waals surface area (Å²) in [6.45, 7) is -0.163. The van der Waals surface area contributed by atoms with E-state index >= 15 is 0 Å². The third-order valence-corrected chi connectivity index (χ3v) is 5.99. The van der Waals surface area contributed by atoms with Crippen LogP contribution < -0.4 is 9.47 Å². The number of carboxylic acids is 1. The van der Waals surface area contributed by atoms with Crippen LogP contribution in [0.5, 0.6) is 11.5 Å². The van der Waals surface area contributed by atoms with E-state index in [1.54, 1.807) is 18.3 Å². The van der Waals surface area contributed by atoms with Crippen molar-refractivity contribution in [3.63, 3.8) is 0 Å². The number of methoxy groups -OCH3 is 1. The van der Waals surface area contributed by atoms with Gasteiger partial charge in [0.2, 0.25) is 0 Å². The number of thiocarbonyl (C=S) groups is 1. The summed E-state index contributed by atoms with van der Waals surface area (Å²) in [7, 11) is 1.54. The van der Waals surface area contributed by atoms with Crippen molar-refractivity contribution in [2.45, 2.75) is 6.61 Å². The molecular formula is C19H15IN2O5S2. The second-order valence-corrected chi connectivity index (χ2v) is 8.64. The number of halogens is 1. The summed E-state index contributed by atoms with van der Waals surface area (Å²) in [5.74, 6) is -0.450. The third-order valence-electron chi connectivity index (χ3n) is 3.81. The maximum absolute atomic E-state index is 12.4. The summed E-state index contributed by atoms with van der Waals surface area (Å²) in [5.41, 5.74) is 1.50. The lowest BCUT2D eigenvalue weighted by atomic mass is 10.2. The average molecular weight is 542 g/mol. The number of hydrogen-bond acceptors (Lipinski definition) is 7. The Morgan fingerprint density at radius 1 is 1.41 bits per heavy atom. The lowest BCUT2D eigenvalue weighted by Gasteiger charge is -2.13. The number of aromatic nitrogens is 1. The number of carbonyl (C=O) groups excluding carboxylic acids is 1. The van der Waals surface area contributed by atoms with Crippen LogP contribution in [0.25, 0.3) is 6.08 Å². The molecule has 1 N–H and O–H groups in total. The fraction of sp³-hybridized carbons (Fsp3) is 0.158. The smallest absolute Gasteiger partial charge is 0.323 e. The second kappa shape index (κ2) is 9.55. The molecule has 0 unspecified atom stereocenters. The molecule has 1 aliphatic heterocycles. The van der Waals surface area contributed by atoms with E-state index in [9.17, 15) is 9.59 Å². The Morgan fingerprint density at radius 3 is 2.86 bits per heavy atom. The van der Waals surface area contributed by atoms with Crippen LogP contribution in [0.1, 0.15) is 11.3 Å². The number of ether oxygens (including phenoxy) is 2. The molecule has 1 saturated heterocycles. The zero-order valence-corrected chi connectivity index (χ0v) is 18.9. The Bertz CT molecular complexity index is 998. The van der Waals surface area contributed by atoms with Gasteiger partial charge in [-0.15, -0.1) is 0 Å². The van der Waals surface area contributed by atoms with Gasteiger partial charge in [-0.3, -0.25) is 19.5 Å². The lowest BCUT2D eigenvalue weighted by molar-refractivity contribution is -0.140. The first-order valence-electron chi connectivity index (χ1n) is 8.26. The number of benzene rings is 1. The first-order chi connectivity index (χ1) is 13.9. The zero-order chi connectivity index (χ0) is 21.0. The van der Waals surface area contributed by atoms with Crippen LogP contribution >= 0.6 is 46.6 Å². The Hall–Kier alpha value is -2.18. The van der Waals surface area contributed by atoms with Crippen molar-refractivity contribution in [3.05, 3.63) is 56.3 Å². The molecule has 0 aliphatic carbocycles. The minimum absolute atomic E-state index is 0.223. The van der Waals surface area contributed by atoms with Gasteiger partial charge in [0.15, 0.2) is 11.5 Å². The highest BCUT2D eigenvalue weighted by molar-refractivity contribution is 14.1. The molecule has 0 spiro atoms. The number of aliphatic carboxylic acids is 1. The van der Waals surface area contributed by atoms with Gasteiger partial charge in [-0.25, -0.2) is 0 Å². The van der Waals surface area contributed by atoms with Crippen LogP contribution in [0.4, 0.5) is 0 Å². The van der Waals surface area contributed by atoms with E-state index in [4.69, 9.17) is 26.8 Å². The molecule has 1 fully saturated rings. The number of carbonyl (C=O) groups is 2. The Labute approximate surface area is 190 Å². The normalized spacial score (nSPS) is 15.1. The standard InChI is InChI=1S/C19H15IN2O5S2/c1-26-14-7-11(8-15-18(25)22(9-16(23)24)19(28)29-15)6-13(20)17(14)27-10-12-4-2-3-5-21-12/h2-8H,9-10H2,1H3,(H,23,24)/b15-8+. The molecule has 0 bridgehead atoms. The van der Waals surface area contributed by atoms with Crippen LogP contribution in [0.15, 0.2) is 41.4 Å². The number of pyridine rings is 1. The van der Waals surface area contributed by atoms with Crippen LogP contribution in [0, 0.1) is 3.57 Å². The van der Waals surface area contributed by atoms with Gasteiger partial charge in [0.05, 0.1) is 21.3 Å². The molecule has 0 atom stereocenters. The summed E-state index contributed by atoms with van der Waals surface area (Å²) in [4.78, 5) is 29.0. The summed E-state index contributed by atoms with van der Waals surface area (Å²) >= 11 is 8.32. The molecule has 0 radical (unpaired) electrons. The van der Waals surface area contributed by atoms with E-state index in [0.717, 1.165) is 25.9 Å². The number of amides is 1. The van der Waals surface area contributed by atoms with Crippen LogP contribution in [0.3, 0.4) is 0 Å². The Morgan fingerprint density at radius 2 is 2.21 bits per heavy atom. The van der Waals surface area contributed by atoms with Crippen molar-refractivity contribution < 1.29 is 24.2 Å². The highest BCUT2D eigenvalue weighted by Crippen LogP contribution is 2.37. The number of hydrogen-bond donors (Lipinski definition) is 1. The molecule has 150 valence electrons. The number of rotatable bonds is 7. The van der Waals surface area contributed by atoms with Crippen molar-refractivity contribution in [3.8, 4) is 11.5 Å². The number of nitrogens with zero attached hydrogens (tertiary/aromatic N) is 2. The average Bonchev–Trinajstić information content (AvgIpc) is 2.94. The van der Waals surface area contributed by atoms with E-state index in [0.29, 0.717) is 28.6 Å². The molecule has 2 aromatic rings. The van der Waals surface area contributed by atoms with E-state index < -0.39 is 18.4 Å². The van der Waals surface area contributed by atoms with E-state index in [1.807, 2.05) is 24.3 Å². The molecule has 0 saturated carbocycles. The Balaban J connectivity index is 1.83. The van der Waals surface area contributed by atoms with E-state index in [-0.39, 0.29) is 4.32 Å². The molecule has 2 heterocycles. The van der Waals surface area contributed by atoms with Gasteiger partial charge in [-0.2, -0.15) is 0 Å². The van der Waals surface area contributed by atoms with Crippen molar-refractivity contribution in [2.24, 2.45) is 0 Å². The lowest BCUT2D eigenvalue weighted by Crippen LogP contribution is -2.33. The summed E-state index contributed by atoms with van der Waals surface area (Å²) in [6, 6.07) is 9.19. The molecular weight excluding hydrogens is 527 g/mol. The maximum atomic E-state index is 12.4. The van der Waals surface area contributed by atoms with Crippen molar-refractivity contribution >= 4 is 68.8 Å². The van der Waals surface area contributed by atoms with Gasteiger partial charge in [-0.05, 0) is 58.5 Å². The maximum Gasteiger partial charge on any atom is 0.323 e. The summed E-state index contributed by atoms with van der Waals surface area (Å²) in [6.07, 6.45) is 3.36. The van der Waals surface area contributed by atoms with Crippen molar-refractivity contribution in [1.29, 1.82) is 0 Å². The van der Waals surface area contributed by atoms with E-state index in [2.05, 4.69) is 27.6 Å². The van der Waals surface area contributed by atoms with Gasteiger partial charge < -0.3 is 14.6 Å². The first-order valence-corrected chi connectivity index (χ1v) is 10.6. The highest BCUT2D eigenvalue weighted by atomic mass is 127. The fourth-order valence-corrected chi connectivity index (χ4v) is 4.55. The molecule has 1 amide bonds. The molecule has 3 rings (SSSR count). The van der Waals surface area contributed by atoms with E-state index in [1.165, 1.54) is 7.11 Å². The molecule has 7 nitrogen and oxygen atoms in total. The van der Waals surface area contributed by atoms with Gasteiger partial charge in [0.1, 0.15) is 17.5 Å². The van der Waals surface area contributed by atoms with Crippen LogP contribution in [0.2, 0.25) is 0 Å². The molecule has 10 heteroatoms. The molecule has 29 heavy (non-hydrogen) atoms. The zero-order valence-electron chi connectivity index (χ0n) is 15.1. The van der Waals surface area contributed by atoms with Gasteiger partial charge >= 0.3 is 5.97 Å². The number of carboxylic acid groups (broad SMARTS) is 1. The molecule has 1 aromatic heterocycles. The third kappa shape index (κ3) is 5.25. The summed E-state index contributed by atoms with van der Waals surface area (Å²) < 4.78 is 12.4. The van der Waals surface area contributed by atoms with Crippen molar-refractivity contribution in [1.82, 2.24) is 9.88 Å². The topological polar surface area (TPSA) is 89.0 Å². The van der Waals surface area contributed by atoms with Crippen LogP contribution in [-0.2, 0) is 16.2 Å². The SMILES string of the molecule is COc1cc(/C=C2/SC(=S)N(CC(=O)O)C2=O)cc(I)c1OCc1ccccn1. The highest BCUT2D eigenvalue weighted by Gasteiger charge is 2.33. The first kappa shape index (κ1) is 21.5. The monoisotopic (exact) mass is 542 g/mol. The quantitative estimate of drug-likeness (QED) is 0.323. The fourth-order valence-electron chi connectivity index (χ4n) is 2.52.